The minimum absolute atomic E-state index is 0.0158. The van der Waals surface area contributed by atoms with Crippen LogP contribution in [0.5, 0.6) is 23.0 Å². The van der Waals surface area contributed by atoms with Gasteiger partial charge in [-0.2, -0.15) is 5.11 Å². The summed E-state index contributed by atoms with van der Waals surface area (Å²) in [6.45, 7) is 1.74. The third-order valence-electron chi connectivity index (χ3n) is 5.66. The minimum Gasteiger partial charge on any atom is -0.505 e. The quantitative estimate of drug-likeness (QED) is 0.136. The maximum absolute atomic E-state index is 10.7. The summed E-state index contributed by atoms with van der Waals surface area (Å²) < 4.78 is 16.5. The van der Waals surface area contributed by atoms with E-state index in [2.05, 4.69) is 20.5 Å². The normalized spacial score (nSPS) is 11.5. The summed E-state index contributed by atoms with van der Waals surface area (Å²) in [6.07, 6.45) is 0. The predicted octanol–water partition coefficient (Wildman–Crippen LogP) is 6.02. The molecule has 0 aliphatic heterocycles. The summed E-state index contributed by atoms with van der Waals surface area (Å²) >= 11 is 0. The van der Waals surface area contributed by atoms with E-state index in [-0.39, 0.29) is 37.9 Å². The fourth-order valence-corrected chi connectivity index (χ4v) is 3.73. The van der Waals surface area contributed by atoms with E-state index in [1.807, 2.05) is 6.92 Å². The van der Waals surface area contributed by atoms with Crippen molar-refractivity contribution in [2.75, 3.05) is 39.3 Å². The molecule has 0 heterocycles. The predicted molar refractivity (Wildman–Crippen MR) is 148 cm³/mol. The largest absolute Gasteiger partial charge is 0.505 e. The first-order valence-corrected chi connectivity index (χ1v) is 12.1. The molecular weight excluding hydrogens is 502 g/mol. The van der Waals surface area contributed by atoms with Crippen LogP contribution in [0.15, 0.2) is 81.1 Å². The van der Waals surface area contributed by atoms with Gasteiger partial charge in [-0.15, -0.1) is 15.3 Å². The first-order chi connectivity index (χ1) is 18.9. The van der Waals surface area contributed by atoms with Gasteiger partial charge in [-0.25, -0.2) is 0 Å². The Morgan fingerprint density at radius 1 is 0.718 bits per heavy atom. The zero-order valence-corrected chi connectivity index (χ0v) is 21.5. The van der Waals surface area contributed by atoms with Gasteiger partial charge in [0.05, 0.1) is 26.0 Å². The van der Waals surface area contributed by atoms with Crippen LogP contribution in [-0.2, 0) is 0 Å². The van der Waals surface area contributed by atoms with Crippen molar-refractivity contribution in [1.82, 2.24) is 0 Å². The summed E-state index contributed by atoms with van der Waals surface area (Å²) in [5.74, 6) is 1.30. The fraction of sp³-hybridized carbons (Fsp3) is 0.214. The van der Waals surface area contributed by atoms with Gasteiger partial charge in [0.1, 0.15) is 47.5 Å². The van der Waals surface area contributed by atoms with Crippen LogP contribution in [0.2, 0.25) is 0 Å². The highest BCUT2D eigenvalue weighted by atomic mass is 16.5. The number of nitrogen functional groups attached to an aromatic ring is 1. The van der Waals surface area contributed by atoms with E-state index in [0.29, 0.717) is 45.4 Å². The van der Waals surface area contributed by atoms with E-state index < -0.39 is 0 Å². The first kappa shape index (κ1) is 27.3. The molecule has 4 aromatic rings. The Kier molecular flexibility index (Phi) is 8.87. The van der Waals surface area contributed by atoms with E-state index >= 15 is 0 Å². The van der Waals surface area contributed by atoms with Gasteiger partial charge in [-0.05, 0) is 60.3 Å². The van der Waals surface area contributed by atoms with Crippen molar-refractivity contribution in [2.45, 2.75) is 6.92 Å². The Labute approximate surface area is 224 Å². The van der Waals surface area contributed by atoms with Crippen LogP contribution in [-0.4, -0.2) is 48.9 Å². The van der Waals surface area contributed by atoms with Crippen LogP contribution in [0.4, 0.5) is 28.4 Å². The maximum atomic E-state index is 10.7. The van der Waals surface area contributed by atoms with Crippen LogP contribution in [0.3, 0.4) is 0 Å². The lowest BCUT2D eigenvalue weighted by atomic mass is 10.1. The molecule has 0 aliphatic carbocycles. The molecule has 0 aliphatic rings. The van der Waals surface area contributed by atoms with E-state index in [1.165, 1.54) is 7.11 Å². The van der Waals surface area contributed by atoms with E-state index in [1.54, 1.807) is 60.7 Å². The van der Waals surface area contributed by atoms with Gasteiger partial charge in [0.25, 0.3) is 0 Å². The highest BCUT2D eigenvalue weighted by Crippen LogP contribution is 2.40. The van der Waals surface area contributed by atoms with Gasteiger partial charge in [0.2, 0.25) is 0 Å². The number of nitrogens with zero attached hydrogens (tertiary/aromatic N) is 4. The van der Waals surface area contributed by atoms with Crippen molar-refractivity contribution in [3.05, 3.63) is 66.2 Å². The number of nitrogens with two attached hydrogens (primary N) is 1. The van der Waals surface area contributed by atoms with Gasteiger partial charge in [-0.1, -0.05) is 6.07 Å². The molecule has 0 amide bonds. The molecule has 39 heavy (non-hydrogen) atoms. The average molecular weight is 532 g/mol. The molecule has 0 saturated heterocycles. The molecule has 0 saturated carbocycles. The Morgan fingerprint density at radius 2 is 1.41 bits per heavy atom. The van der Waals surface area contributed by atoms with Crippen molar-refractivity contribution in [3.8, 4) is 23.0 Å². The van der Waals surface area contributed by atoms with E-state index in [4.69, 9.17) is 25.1 Å². The SMILES string of the molecule is COc1cc(OCCO)ccc1N=Nc1cc(OCCO)c(N=Nc2ccc3cc(N)ccc3c2O)cc1C. The lowest BCUT2D eigenvalue weighted by Gasteiger charge is -2.11. The second-order valence-corrected chi connectivity index (χ2v) is 8.40. The van der Waals surface area contributed by atoms with Gasteiger partial charge in [-0.3, -0.25) is 0 Å². The van der Waals surface area contributed by atoms with Crippen molar-refractivity contribution in [3.63, 3.8) is 0 Å². The topological polar surface area (TPSA) is 164 Å². The molecule has 11 nitrogen and oxygen atoms in total. The summed E-state index contributed by atoms with van der Waals surface area (Å²) in [4.78, 5) is 0. The molecule has 0 fully saturated rings. The molecular formula is C28H29N5O6. The highest BCUT2D eigenvalue weighted by Gasteiger charge is 2.12. The minimum atomic E-state index is -0.197. The molecule has 4 aromatic carbocycles. The van der Waals surface area contributed by atoms with Crippen molar-refractivity contribution >= 4 is 39.2 Å². The molecule has 5 N–H and O–H groups in total. The zero-order valence-electron chi connectivity index (χ0n) is 21.5. The van der Waals surface area contributed by atoms with Crippen LogP contribution in [0.1, 0.15) is 5.56 Å². The smallest absolute Gasteiger partial charge is 0.150 e. The number of aliphatic hydroxyl groups excluding tert-OH is 2. The first-order valence-electron chi connectivity index (χ1n) is 12.1. The van der Waals surface area contributed by atoms with E-state index in [9.17, 15) is 10.2 Å². The molecule has 0 radical (unpaired) electrons. The Balaban J connectivity index is 1.64. The molecule has 202 valence electrons. The van der Waals surface area contributed by atoms with Gasteiger partial charge >= 0.3 is 0 Å². The number of benzene rings is 4. The van der Waals surface area contributed by atoms with E-state index in [0.717, 1.165) is 10.9 Å². The van der Waals surface area contributed by atoms with Crippen molar-refractivity contribution in [1.29, 1.82) is 0 Å². The third kappa shape index (κ3) is 6.58. The lowest BCUT2D eigenvalue weighted by Crippen LogP contribution is -2.01. The summed E-state index contributed by atoms with van der Waals surface area (Å²) in [7, 11) is 1.51. The Hall–Kier alpha value is -4.74. The molecule has 0 aromatic heterocycles. The number of aryl methyl sites for hydroxylation is 1. The summed E-state index contributed by atoms with van der Waals surface area (Å²) in [5.41, 5.74) is 8.82. The van der Waals surface area contributed by atoms with Crippen LogP contribution in [0.25, 0.3) is 10.8 Å². The number of hydrogen-bond acceptors (Lipinski definition) is 11. The Bertz CT molecular complexity index is 1520. The lowest BCUT2D eigenvalue weighted by molar-refractivity contribution is 0.201. The van der Waals surface area contributed by atoms with Gasteiger partial charge < -0.3 is 35.3 Å². The number of rotatable bonds is 11. The van der Waals surface area contributed by atoms with Crippen molar-refractivity contribution in [2.24, 2.45) is 20.5 Å². The number of phenols is 1. The number of azo groups is 2. The number of aromatic hydroxyl groups is 1. The molecule has 0 spiro atoms. The second kappa shape index (κ2) is 12.7. The van der Waals surface area contributed by atoms with Gasteiger partial charge in [0.15, 0.2) is 5.75 Å². The third-order valence-corrected chi connectivity index (χ3v) is 5.66. The number of aliphatic hydroxyl groups is 2. The molecule has 0 unspecified atom stereocenters. The Morgan fingerprint density at radius 3 is 2.18 bits per heavy atom. The summed E-state index contributed by atoms with van der Waals surface area (Å²) in [5, 5.41) is 47.5. The van der Waals surface area contributed by atoms with Crippen LogP contribution >= 0.6 is 0 Å². The maximum Gasteiger partial charge on any atom is 0.150 e. The standard InChI is InChI=1S/C28H29N5O6/c1-17-13-25(33-31-23-7-3-18-14-19(29)4-6-21(18)28(23)36)27(39-12-10-35)16-24(17)32-30-22-8-5-20(38-11-9-34)15-26(22)37-2/h3-8,13-16,34-36H,9-12,29H2,1-2H3. The van der Waals surface area contributed by atoms with Crippen LogP contribution in [0, 0.1) is 6.92 Å². The number of methoxy groups -OCH3 is 1. The molecule has 0 atom stereocenters. The van der Waals surface area contributed by atoms with Gasteiger partial charge in [0, 0.05) is 23.2 Å². The monoisotopic (exact) mass is 531 g/mol. The highest BCUT2D eigenvalue weighted by molar-refractivity contribution is 5.94. The molecule has 0 bridgehead atoms. The fourth-order valence-electron chi connectivity index (χ4n) is 3.73. The number of ether oxygens (including phenoxy) is 3. The summed E-state index contributed by atoms with van der Waals surface area (Å²) in [6, 6.07) is 17.1. The second-order valence-electron chi connectivity index (χ2n) is 8.40. The van der Waals surface area contributed by atoms with Crippen LogP contribution < -0.4 is 19.9 Å². The molecule has 11 heteroatoms. The number of phenolic OH excluding ortho intramolecular Hbond substituents is 1. The van der Waals surface area contributed by atoms with Crippen molar-refractivity contribution < 1.29 is 29.5 Å². The average Bonchev–Trinajstić information content (AvgIpc) is 2.94. The zero-order chi connectivity index (χ0) is 27.8. The number of hydrogen-bond donors (Lipinski definition) is 4. The number of anilines is 1. The molecule has 4 rings (SSSR count). The number of fused-ring (bicyclic) bond motifs is 1.